The Balaban J connectivity index is 2.52. The van der Waals surface area contributed by atoms with E-state index in [1.807, 2.05) is 0 Å². The van der Waals surface area contributed by atoms with Gasteiger partial charge in [-0.1, -0.05) is 11.6 Å². The van der Waals surface area contributed by atoms with Gasteiger partial charge < -0.3 is 9.47 Å². The number of nitrogens with zero attached hydrogens (tertiary/aromatic N) is 1. The van der Waals surface area contributed by atoms with Gasteiger partial charge in [0.15, 0.2) is 12.0 Å². The molecule has 1 rings (SSSR count). The zero-order valence-electron chi connectivity index (χ0n) is 12.7. The summed E-state index contributed by atoms with van der Waals surface area (Å²) < 4.78 is 10.2. The van der Waals surface area contributed by atoms with Gasteiger partial charge in [0.1, 0.15) is 5.56 Å². The molecule has 0 aliphatic heterocycles. The van der Waals surface area contributed by atoms with Gasteiger partial charge in [0.2, 0.25) is 0 Å². The molecule has 0 saturated heterocycles. The molecule has 1 aromatic rings. The van der Waals surface area contributed by atoms with Gasteiger partial charge in [0.05, 0.1) is 23.2 Å². The van der Waals surface area contributed by atoms with Crippen LogP contribution in [0.25, 0.3) is 0 Å². The standard InChI is InChI=1S/C15H18ClNO6/c1-2-22-14(19)6-4-3-5-9-23-15-11(10-18)13(17(20)21)8-7-12(15)16/h7-8,10H,2-6,9H2,1H3. The highest BCUT2D eigenvalue weighted by Gasteiger charge is 2.21. The monoisotopic (exact) mass is 343 g/mol. The lowest BCUT2D eigenvalue weighted by molar-refractivity contribution is -0.385. The molecule has 8 heteroatoms. The second-order valence-corrected chi connectivity index (χ2v) is 5.06. The maximum Gasteiger partial charge on any atom is 0.305 e. The van der Waals surface area contributed by atoms with E-state index in [0.717, 1.165) is 12.5 Å². The zero-order chi connectivity index (χ0) is 17.2. The third-order valence-electron chi connectivity index (χ3n) is 3.02. The van der Waals surface area contributed by atoms with E-state index in [4.69, 9.17) is 21.1 Å². The molecule has 7 nitrogen and oxygen atoms in total. The van der Waals surface area contributed by atoms with Crippen molar-refractivity contribution in [1.82, 2.24) is 0 Å². The van der Waals surface area contributed by atoms with Crippen molar-refractivity contribution < 1.29 is 24.0 Å². The quantitative estimate of drug-likeness (QED) is 0.212. The Kier molecular flexibility index (Phi) is 8.04. The summed E-state index contributed by atoms with van der Waals surface area (Å²) in [6.45, 7) is 2.35. The molecular weight excluding hydrogens is 326 g/mol. The number of carbonyl (C=O) groups is 2. The molecule has 23 heavy (non-hydrogen) atoms. The van der Waals surface area contributed by atoms with E-state index in [-0.39, 0.29) is 34.6 Å². The molecule has 126 valence electrons. The first-order valence-electron chi connectivity index (χ1n) is 7.21. The van der Waals surface area contributed by atoms with Crippen LogP contribution in [0.15, 0.2) is 12.1 Å². The van der Waals surface area contributed by atoms with E-state index in [0.29, 0.717) is 32.2 Å². The minimum absolute atomic E-state index is 0.0151. The largest absolute Gasteiger partial charge is 0.491 e. The van der Waals surface area contributed by atoms with Crippen molar-refractivity contribution in [1.29, 1.82) is 0 Å². The summed E-state index contributed by atoms with van der Waals surface area (Å²) >= 11 is 5.93. The Bertz CT molecular complexity index is 575. The van der Waals surface area contributed by atoms with Crippen molar-refractivity contribution in [3.63, 3.8) is 0 Å². The Morgan fingerprint density at radius 1 is 1.35 bits per heavy atom. The van der Waals surface area contributed by atoms with Crippen LogP contribution in [-0.4, -0.2) is 30.4 Å². The minimum Gasteiger partial charge on any atom is -0.491 e. The lowest BCUT2D eigenvalue weighted by Crippen LogP contribution is -2.05. The molecule has 0 aromatic heterocycles. The molecule has 0 aliphatic rings. The van der Waals surface area contributed by atoms with Crippen LogP contribution in [-0.2, 0) is 9.53 Å². The smallest absolute Gasteiger partial charge is 0.305 e. The molecule has 0 heterocycles. The summed E-state index contributed by atoms with van der Waals surface area (Å²) in [5.41, 5.74) is -0.518. The maximum atomic E-state index is 11.2. The zero-order valence-corrected chi connectivity index (χ0v) is 13.5. The predicted octanol–water partition coefficient (Wildman–Crippen LogP) is 3.56. The lowest BCUT2D eigenvalue weighted by atomic mass is 10.1. The number of nitro groups is 1. The molecule has 0 unspecified atom stereocenters. The normalized spacial score (nSPS) is 10.2. The summed E-state index contributed by atoms with van der Waals surface area (Å²) in [5, 5.41) is 11.0. The van der Waals surface area contributed by atoms with Crippen LogP contribution in [0.4, 0.5) is 5.69 Å². The summed E-state index contributed by atoms with van der Waals surface area (Å²) in [5.74, 6) is -0.223. The van der Waals surface area contributed by atoms with Crippen LogP contribution in [0.1, 0.15) is 43.0 Å². The second kappa shape index (κ2) is 9.78. The predicted molar refractivity (Wildman–Crippen MR) is 84.1 cm³/mol. The number of ether oxygens (including phenoxy) is 2. The Labute approximate surface area is 138 Å². The molecule has 0 spiro atoms. The minimum atomic E-state index is -0.660. The average Bonchev–Trinajstić information content (AvgIpc) is 2.51. The third kappa shape index (κ3) is 5.86. The first-order valence-corrected chi connectivity index (χ1v) is 7.59. The van der Waals surface area contributed by atoms with Gasteiger partial charge in [-0.15, -0.1) is 0 Å². The SMILES string of the molecule is CCOC(=O)CCCCCOc1c(Cl)ccc([N+](=O)[O-])c1C=O. The van der Waals surface area contributed by atoms with Crippen LogP contribution in [0, 0.1) is 10.1 Å². The van der Waals surface area contributed by atoms with Crippen molar-refractivity contribution in [2.45, 2.75) is 32.6 Å². The van der Waals surface area contributed by atoms with Gasteiger partial charge in [-0.25, -0.2) is 0 Å². The molecule has 0 radical (unpaired) electrons. The molecule has 0 aliphatic carbocycles. The van der Waals surface area contributed by atoms with Crippen LogP contribution in [0.5, 0.6) is 5.75 Å². The van der Waals surface area contributed by atoms with E-state index < -0.39 is 4.92 Å². The van der Waals surface area contributed by atoms with E-state index in [1.165, 1.54) is 6.07 Å². The maximum absolute atomic E-state index is 11.2. The fourth-order valence-corrected chi connectivity index (χ4v) is 2.16. The molecule has 0 bridgehead atoms. The first-order chi connectivity index (χ1) is 11.0. The van der Waals surface area contributed by atoms with Crippen molar-refractivity contribution in [2.24, 2.45) is 0 Å². The van der Waals surface area contributed by atoms with Gasteiger partial charge in [0.25, 0.3) is 5.69 Å². The topological polar surface area (TPSA) is 95.7 Å². The molecule has 0 N–H and O–H groups in total. The van der Waals surface area contributed by atoms with Gasteiger partial charge in [-0.2, -0.15) is 0 Å². The summed E-state index contributed by atoms with van der Waals surface area (Å²) in [6, 6.07) is 2.49. The number of hydrogen-bond donors (Lipinski definition) is 0. The Hall–Kier alpha value is -2.15. The summed E-state index contributed by atoms with van der Waals surface area (Å²) in [4.78, 5) is 32.5. The van der Waals surface area contributed by atoms with Crippen LogP contribution in [0.2, 0.25) is 5.02 Å². The van der Waals surface area contributed by atoms with Crippen LogP contribution < -0.4 is 4.74 Å². The lowest BCUT2D eigenvalue weighted by Gasteiger charge is -2.10. The highest BCUT2D eigenvalue weighted by Crippen LogP contribution is 2.34. The van der Waals surface area contributed by atoms with Gasteiger partial charge in [-0.05, 0) is 32.3 Å². The number of esters is 1. The van der Waals surface area contributed by atoms with Crippen LogP contribution >= 0.6 is 11.6 Å². The molecule has 1 aromatic carbocycles. The van der Waals surface area contributed by atoms with Crippen molar-refractivity contribution in [3.05, 3.63) is 32.8 Å². The molecule has 0 atom stereocenters. The number of rotatable bonds is 10. The van der Waals surface area contributed by atoms with Crippen LogP contribution in [0.3, 0.4) is 0 Å². The number of unbranched alkanes of at least 4 members (excludes halogenated alkanes) is 2. The number of hydrogen-bond acceptors (Lipinski definition) is 6. The highest BCUT2D eigenvalue weighted by molar-refractivity contribution is 6.32. The van der Waals surface area contributed by atoms with Gasteiger partial charge in [0, 0.05) is 12.5 Å². The van der Waals surface area contributed by atoms with Crippen molar-refractivity contribution in [3.8, 4) is 5.75 Å². The fourth-order valence-electron chi connectivity index (χ4n) is 1.94. The summed E-state index contributed by atoms with van der Waals surface area (Å²) in [6.07, 6.45) is 2.70. The van der Waals surface area contributed by atoms with E-state index in [9.17, 15) is 19.7 Å². The third-order valence-corrected chi connectivity index (χ3v) is 3.31. The second-order valence-electron chi connectivity index (χ2n) is 4.65. The fraction of sp³-hybridized carbons (Fsp3) is 0.467. The number of aldehydes is 1. The van der Waals surface area contributed by atoms with Crippen molar-refractivity contribution >= 4 is 29.5 Å². The van der Waals surface area contributed by atoms with Gasteiger partial charge >= 0.3 is 5.97 Å². The Morgan fingerprint density at radius 2 is 2.09 bits per heavy atom. The summed E-state index contributed by atoms with van der Waals surface area (Å²) in [7, 11) is 0. The molecule has 0 saturated carbocycles. The molecular formula is C15H18ClNO6. The molecule has 0 fully saturated rings. The first kappa shape index (κ1) is 18.9. The number of halogens is 1. The number of carbonyl (C=O) groups excluding carboxylic acids is 2. The van der Waals surface area contributed by atoms with Gasteiger partial charge in [-0.3, -0.25) is 19.7 Å². The average molecular weight is 344 g/mol. The number of nitro benzene ring substituents is 1. The van der Waals surface area contributed by atoms with Crippen molar-refractivity contribution in [2.75, 3.05) is 13.2 Å². The van der Waals surface area contributed by atoms with E-state index in [2.05, 4.69) is 0 Å². The van der Waals surface area contributed by atoms with E-state index >= 15 is 0 Å². The number of benzene rings is 1. The Morgan fingerprint density at radius 3 is 2.70 bits per heavy atom. The van der Waals surface area contributed by atoms with E-state index in [1.54, 1.807) is 6.92 Å². The molecule has 0 amide bonds. The highest BCUT2D eigenvalue weighted by atomic mass is 35.5.